The lowest BCUT2D eigenvalue weighted by atomic mass is 9.87. The second-order valence-corrected chi connectivity index (χ2v) is 11.2. The normalized spacial score (nSPS) is 14.8. The molecule has 38 heavy (non-hydrogen) atoms. The molecule has 0 unspecified atom stereocenters. The molecule has 8 heteroatoms. The molecule has 200 valence electrons. The van der Waals surface area contributed by atoms with Gasteiger partial charge in [-0.3, -0.25) is 0 Å². The van der Waals surface area contributed by atoms with E-state index in [1.807, 2.05) is 43.6 Å². The number of nitrogens with one attached hydrogen (secondary N) is 3. The fourth-order valence-corrected chi connectivity index (χ4v) is 5.12. The van der Waals surface area contributed by atoms with E-state index in [2.05, 4.69) is 67.5 Å². The molecule has 0 spiro atoms. The first-order chi connectivity index (χ1) is 18.1. The molecule has 0 fully saturated rings. The van der Waals surface area contributed by atoms with Crippen molar-refractivity contribution >= 4 is 40.2 Å². The van der Waals surface area contributed by atoms with Crippen molar-refractivity contribution in [1.82, 2.24) is 20.2 Å². The first kappa shape index (κ1) is 27.6. The van der Waals surface area contributed by atoms with Crippen LogP contribution >= 0.6 is 11.6 Å². The molecule has 1 aliphatic carbocycles. The van der Waals surface area contributed by atoms with Crippen LogP contribution in [0, 0.1) is 17.7 Å². The zero-order chi connectivity index (χ0) is 27.4. The Morgan fingerprint density at radius 2 is 1.92 bits per heavy atom. The summed E-state index contributed by atoms with van der Waals surface area (Å²) in [7, 11) is 6.01. The smallest absolute Gasteiger partial charge is 0.227 e. The molecule has 1 aromatic heterocycles. The van der Waals surface area contributed by atoms with E-state index in [1.165, 1.54) is 0 Å². The third-order valence-electron chi connectivity index (χ3n) is 6.52. The number of hydrogen-bond donors (Lipinski definition) is 3. The largest absolute Gasteiger partial charge is 0.493 e. The predicted molar refractivity (Wildman–Crippen MR) is 158 cm³/mol. The fourth-order valence-electron chi connectivity index (χ4n) is 4.90. The minimum Gasteiger partial charge on any atom is -0.493 e. The van der Waals surface area contributed by atoms with E-state index in [-0.39, 0.29) is 5.41 Å². The number of nitrogens with zero attached hydrogens (tertiary/aromatic N) is 3. The van der Waals surface area contributed by atoms with E-state index in [0.29, 0.717) is 41.1 Å². The number of ether oxygens (including phenoxy) is 1. The fraction of sp³-hybridized carbons (Fsp3) is 0.367. The molecule has 1 aliphatic rings. The van der Waals surface area contributed by atoms with Gasteiger partial charge in [0.15, 0.2) is 0 Å². The number of halogens is 1. The van der Waals surface area contributed by atoms with Gasteiger partial charge in [-0.2, -0.15) is 0 Å². The van der Waals surface area contributed by atoms with Crippen molar-refractivity contribution in [3.63, 3.8) is 0 Å². The van der Waals surface area contributed by atoms with Gasteiger partial charge in [0.05, 0.1) is 28.7 Å². The van der Waals surface area contributed by atoms with Gasteiger partial charge in [0, 0.05) is 48.1 Å². The van der Waals surface area contributed by atoms with Gasteiger partial charge in [-0.1, -0.05) is 49.7 Å². The topological polar surface area (TPSA) is 86.2 Å². The number of aromatic nitrogens is 2. The molecule has 0 amide bonds. The van der Waals surface area contributed by atoms with Crippen LogP contribution in [0.5, 0.6) is 5.75 Å². The van der Waals surface area contributed by atoms with Crippen LogP contribution in [0.3, 0.4) is 0 Å². The Morgan fingerprint density at radius 1 is 1.16 bits per heavy atom. The standard InChI is InChI=1S/C30H37ClN6O/c1-19-9-7-8-10-22(19)28(33-4)26-24(32)13-11-20-16-34-29(36-27(20)26)35-25-14-12-21(15-23(25)31)38-18-30(2,3)17-37(5)6/h7-10,12,14-16,32-33H,11,13,17-18H2,1-6H3,(H,34,35,36)/b28-26+,32-24?. The van der Waals surface area contributed by atoms with Crippen LogP contribution < -0.4 is 15.4 Å². The Morgan fingerprint density at radius 3 is 2.61 bits per heavy atom. The molecular weight excluding hydrogens is 496 g/mol. The zero-order valence-corrected chi connectivity index (χ0v) is 23.8. The first-order valence-electron chi connectivity index (χ1n) is 12.8. The van der Waals surface area contributed by atoms with Crippen molar-refractivity contribution in [2.24, 2.45) is 5.41 Å². The quantitative estimate of drug-likeness (QED) is 0.304. The van der Waals surface area contributed by atoms with Crippen LogP contribution in [0.25, 0.3) is 11.3 Å². The Hall–Kier alpha value is -3.42. The number of anilines is 2. The molecule has 0 aliphatic heterocycles. The lowest BCUT2D eigenvalue weighted by Gasteiger charge is -2.28. The van der Waals surface area contributed by atoms with E-state index >= 15 is 0 Å². The van der Waals surface area contributed by atoms with Crippen LogP contribution in [0.1, 0.15) is 42.7 Å². The van der Waals surface area contributed by atoms with Gasteiger partial charge in [0.25, 0.3) is 0 Å². The second-order valence-electron chi connectivity index (χ2n) is 10.8. The van der Waals surface area contributed by atoms with E-state index < -0.39 is 0 Å². The van der Waals surface area contributed by atoms with Crippen molar-refractivity contribution in [3.8, 4) is 5.75 Å². The molecule has 1 heterocycles. The van der Waals surface area contributed by atoms with Gasteiger partial charge < -0.3 is 25.7 Å². The van der Waals surface area contributed by atoms with E-state index in [4.69, 9.17) is 26.7 Å². The zero-order valence-electron chi connectivity index (χ0n) is 23.1. The molecule has 7 nitrogen and oxygen atoms in total. The molecule has 0 radical (unpaired) electrons. The van der Waals surface area contributed by atoms with Gasteiger partial charge >= 0.3 is 0 Å². The van der Waals surface area contributed by atoms with Crippen LogP contribution in [-0.4, -0.2) is 54.9 Å². The molecule has 2 aromatic carbocycles. The number of benzene rings is 2. The van der Waals surface area contributed by atoms with Gasteiger partial charge in [-0.15, -0.1) is 0 Å². The number of allylic oxidation sites excluding steroid dienone is 1. The predicted octanol–water partition coefficient (Wildman–Crippen LogP) is 6.20. The summed E-state index contributed by atoms with van der Waals surface area (Å²) < 4.78 is 6.04. The summed E-state index contributed by atoms with van der Waals surface area (Å²) in [4.78, 5) is 11.6. The van der Waals surface area contributed by atoms with Crippen molar-refractivity contribution in [1.29, 1.82) is 5.41 Å². The molecule has 3 aromatic rings. The molecule has 0 saturated heterocycles. The minimum atomic E-state index is 0.00725. The SMILES string of the molecule is CN/C(=C1\C(=N)CCc2cnc(Nc3ccc(OCC(C)(C)CN(C)C)cc3Cl)nc21)c1ccccc1C. The summed E-state index contributed by atoms with van der Waals surface area (Å²) in [5, 5.41) is 15.9. The van der Waals surface area contributed by atoms with Gasteiger partial charge in [0.1, 0.15) is 5.75 Å². The van der Waals surface area contributed by atoms with Crippen molar-refractivity contribution in [3.05, 3.63) is 76.1 Å². The first-order valence-corrected chi connectivity index (χ1v) is 13.2. The lowest BCUT2D eigenvalue weighted by Crippen LogP contribution is -2.33. The number of rotatable bonds is 9. The lowest BCUT2D eigenvalue weighted by molar-refractivity contribution is 0.141. The van der Waals surface area contributed by atoms with Crippen molar-refractivity contribution in [2.75, 3.05) is 39.6 Å². The van der Waals surface area contributed by atoms with Gasteiger partial charge in [-0.05, 0) is 57.1 Å². The van der Waals surface area contributed by atoms with Crippen molar-refractivity contribution < 1.29 is 4.74 Å². The maximum atomic E-state index is 8.78. The summed E-state index contributed by atoms with van der Waals surface area (Å²) in [6, 6.07) is 13.8. The van der Waals surface area contributed by atoms with Crippen LogP contribution in [0.4, 0.5) is 11.6 Å². The maximum Gasteiger partial charge on any atom is 0.227 e. The maximum absolute atomic E-state index is 8.78. The summed E-state index contributed by atoms with van der Waals surface area (Å²) in [6.45, 7) is 7.94. The molecular formula is C30H37ClN6O. The third-order valence-corrected chi connectivity index (χ3v) is 6.84. The van der Waals surface area contributed by atoms with Gasteiger partial charge in [-0.25, -0.2) is 9.97 Å². The van der Waals surface area contributed by atoms with E-state index in [1.54, 1.807) is 0 Å². The van der Waals surface area contributed by atoms with E-state index in [0.717, 1.165) is 46.6 Å². The van der Waals surface area contributed by atoms with Crippen LogP contribution in [0.2, 0.25) is 5.02 Å². The average molecular weight is 533 g/mol. The Kier molecular flexibility index (Phi) is 8.38. The highest BCUT2D eigenvalue weighted by Gasteiger charge is 2.26. The van der Waals surface area contributed by atoms with Gasteiger partial charge in [0.2, 0.25) is 5.95 Å². The summed E-state index contributed by atoms with van der Waals surface area (Å²) in [6.07, 6.45) is 3.23. The molecule has 0 saturated carbocycles. The summed E-state index contributed by atoms with van der Waals surface area (Å²) in [5.74, 6) is 1.15. The Bertz CT molecular complexity index is 1360. The summed E-state index contributed by atoms with van der Waals surface area (Å²) >= 11 is 6.62. The highest BCUT2D eigenvalue weighted by Crippen LogP contribution is 2.35. The molecule has 0 atom stereocenters. The Balaban J connectivity index is 1.61. The number of hydrogen-bond acceptors (Lipinski definition) is 7. The Labute approximate surface area is 230 Å². The van der Waals surface area contributed by atoms with Crippen LogP contribution in [-0.2, 0) is 6.42 Å². The molecule has 3 N–H and O–H groups in total. The molecule has 4 rings (SSSR count). The van der Waals surface area contributed by atoms with Crippen LogP contribution in [0.15, 0.2) is 48.7 Å². The highest BCUT2D eigenvalue weighted by atomic mass is 35.5. The number of aryl methyl sites for hydroxylation is 2. The monoisotopic (exact) mass is 532 g/mol. The molecule has 0 bridgehead atoms. The second kappa shape index (κ2) is 11.5. The third kappa shape index (κ3) is 6.34. The van der Waals surface area contributed by atoms with E-state index in [9.17, 15) is 0 Å². The minimum absolute atomic E-state index is 0.00725. The average Bonchev–Trinajstić information content (AvgIpc) is 2.86. The highest BCUT2D eigenvalue weighted by molar-refractivity contribution is 6.33. The van der Waals surface area contributed by atoms with Crippen molar-refractivity contribution in [2.45, 2.75) is 33.6 Å². The summed E-state index contributed by atoms with van der Waals surface area (Å²) in [5.41, 5.74) is 6.96. The number of fused-ring (bicyclic) bond motifs is 1.